The third-order valence-corrected chi connectivity index (χ3v) is 4.80. The second-order valence-electron chi connectivity index (χ2n) is 4.36. The molecule has 1 saturated heterocycles. The monoisotopic (exact) mass is 221 g/mol. The lowest BCUT2D eigenvalue weighted by atomic mass is 9.93. The Kier molecular flexibility index (Phi) is 3.71. The molecule has 2 N–H and O–H groups in total. The predicted molar refractivity (Wildman–Crippen MR) is 68.2 cm³/mol. The van der Waals surface area contributed by atoms with Crippen LogP contribution in [0.5, 0.6) is 0 Å². The van der Waals surface area contributed by atoms with Crippen molar-refractivity contribution in [3.05, 3.63) is 35.9 Å². The Morgan fingerprint density at radius 3 is 2.60 bits per heavy atom. The SMILES string of the molecule is NCC1(Cc2ccccc2)CCCCS1. The van der Waals surface area contributed by atoms with E-state index in [1.165, 1.54) is 30.6 Å². The van der Waals surface area contributed by atoms with Gasteiger partial charge in [-0.2, -0.15) is 11.8 Å². The van der Waals surface area contributed by atoms with Gasteiger partial charge in [0.2, 0.25) is 0 Å². The van der Waals surface area contributed by atoms with Crippen LogP contribution in [0.25, 0.3) is 0 Å². The highest BCUT2D eigenvalue weighted by Gasteiger charge is 2.31. The smallest absolute Gasteiger partial charge is 0.0322 e. The van der Waals surface area contributed by atoms with Crippen molar-refractivity contribution in [3.63, 3.8) is 0 Å². The third kappa shape index (κ3) is 2.76. The van der Waals surface area contributed by atoms with Crippen LogP contribution in [0.2, 0.25) is 0 Å². The van der Waals surface area contributed by atoms with Crippen LogP contribution in [0.15, 0.2) is 30.3 Å². The molecule has 1 nitrogen and oxygen atoms in total. The van der Waals surface area contributed by atoms with Gasteiger partial charge in [-0.15, -0.1) is 0 Å². The van der Waals surface area contributed by atoms with Gasteiger partial charge in [0.15, 0.2) is 0 Å². The molecule has 1 aliphatic rings. The lowest BCUT2D eigenvalue weighted by molar-refractivity contribution is 0.504. The lowest BCUT2D eigenvalue weighted by Crippen LogP contribution is -2.39. The highest BCUT2D eigenvalue weighted by molar-refractivity contribution is 8.00. The minimum Gasteiger partial charge on any atom is -0.329 e. The Hall–Kier alpha value is -0.470. The second kappa shape index (κ2) is 5.04. The van der Waals surface area contributed by atoms with E-state index in [9.17, 15) is 0 Å². The van der Waals surface area contributed by atoms with Gasteiger partial charge in [0, 0.05) is 11.3 Å². The summed E-state index contributed by atoms with van der Waals surface area (Å²) in [5.74, 6) is 1.28. The highest BCUT2D eigenvalue weighted by Crippen LogP contribution is 2.38. The van der Waals surface area contributed by atoms with E-state index < -0.39 is 0 Å². The van der Waals surface area contributed by atoms with Crippen molar-refractivity contribution in [1.29, 1.82) is 0 Å². The van der Waals surface area contributed by atoms with Crippen molar-refractivity contribution in [2.45, 2.75) is 30.4 Å². The van der Waals surface area contributed by atoms with E-state index in [4.69, 9.17) is 5.73 Å². The molecule has 1 aromatic carbocycles. The fourth-order valence-electron chi connectivity index (χ4n) is 2.25. The summed E-state index contributed by atoms with van der Waals surface area (Å²) in [5, 5.41) is 0. The third-order valence-electron chi connectivity index (χ3n) is 3.18. The number of rotatable bonds is 3. The first-order chi connectivity index (χ1) is 7.35. The lowest BCUT2D eigenvalue weighted by Gasteiger charge is -2.35. The maximum atomic E-state index is 5.97. The van der Waals surface area contributed by atoms with Crippen molar-refractivity contribution in [1.82, 2.24) is 0 Å². The Balaban J connectivity index is 2.07. The molecule has 0 aromatic heterocycles. The van der Waals surface area contributed by atoms with Crippen LogP contribution >= 0.6 is 11.8 Å². The molecular formula is C13H19NS. The molecule has 0 spiro atoms. The van der Waals surface area contributed by atoms with Crippen LogP contribution in [0.1, 0.15) is 24.8 Å². The van der Waals surface area contributed by atoms with Crippen molar-refractivity contribution >= 4 is 11.8 Å². The number of nitrogens with two attached hydrogens (primary N) is 1. The minimum absolute atomic E-state index is 0.319. The molecule has 15 heavy (non-hydrogen) atoms. The quantitative estimate of drug-likeness (QED) is 0.849. The molecule has 1 heterocycles. The summed E-state index contributed by atoms with van der Waals surface area (Å²) in [6.07, 6.45) is 5.12. The van der Waals surface area contributed by atoms with Gasteiger partial charge < -0.3 is 5.73 Å². The van der Waals surface area contributed by atoms with Gasteiger partial charge in [0.25, 0.3) is 0 Å². The maximum absolute atomic E-state index is 5.97. The summed E-state index contributed by atoms with van der Waals surface area (Å²) >= 11 is 2.08. The summed E-state index contributed by atoms with van der Waals surface area (Å²) in [6.45, 7) is 0.812. The summed E-state index contributed by atoms with van der Waals surface area (Å²) < 4.78 is 0.319. The molecule has 0 aliphatic carbocycles. The van der Waals surface area contributed by atoms with Gasteiger partial charge in [-0.1, -0.05) is 36.8 Å². The first-order valence-corrected chi connectivity index (χ1v) is 6.71. The van der Waals surface area contributed by atoms with E-state index in [1.807, 2.05) is 0 Å². The van der Waals surface area contributed by atoms with Crippen LogP contribution in [0.4, 0.5) is 0 Å². The zero-order chi connectivity index (χ0) is 10.6. The molecule has 0 saturated carbocycles. The molecule has 0 amide bonds. The number of hydrogen-bond donors (Lipinski definition) is 1. The highest BCUT2D eigenvalue weighted by atomic mass is 32.2. The van der Waals surface area contributed by atoms with Crippen LogP contribution in [-0.4, -0.2) is 17.0 Å². The van der Waals surface area contributed by atoms with Crippen LogP contribution in [0, 0.1) is 0 Å². The molecule has 1 aromatic rings. The Morgan fingerprint density at radius 2 is 2.00 bits per heavy atom. The minimum atomic E-state index is 0.319. The van der Waals surface area contributed by atoms with E-state index >= 15 is 0 Å². The predicted octanol–water partition coefficient (Wildman–Crippen LogP) is 2.84. The van der Waals surface area contributed by atoms with Gasteiger partial charge in [0.05, 0.1) is 0 Å². The molecular weight excluding hydrogens is 202 g/mol. The number of benzene rings is 1. The average Bonchev–Trinajstić information content (AvgIpc) is 2.32. The molecule has 1 aliphatic heterocycles. The first kappa shape index (κ1) is 11.0. The maximum Gasteiger partial charge on any atom is 0.0322 e. The normalized spacial score (nSPS) is 26.5. The van der Waals surface area contributed by atoms with Crippen LogP contribution < -0.4 is 5.73 Å². The fourth-order valence-corrected chi connectivity index (χ4v) is 3.71. The summed E-state index contributed by atoms with van der Waals surface area (Å²) in [7, 11) is 0. The van der Waals surface area contributed by atoms with E-state index in [0.29, 0.717) is 4.75 Å². The van der Waals surface area contributed by atoms with Crippen molar-refractivity contribution < 1.29 is 0 Å². The fraction of sp³-hybridized carbons (Fsp3) is 0.538. The van der Waals surface area contributed by atoms with Crippen molar-refractivity contribution in [2.75, 3.05) is 12.3 Å². The van der Waals surface area contributed by atoms with Crippen LogP contribution in [0.3, 0.4) is 0 Å². The molecule has 2 heteroatoms. The molecule has 1 unspecified atom stereocenters. The molecule has 2 rings (SSSR count). The van der Waals surface area contributed by atoms with Crippen LogP contribution in [-0.2, 0) is 6.42 Å². The van der Waals surface area contributed by atoms with E-state index in [-0.39, 0.29) is 0 Å². The standard InChI is InChI=1S/C13H19NS/c14-11-13(8-4-5-9-15-13)10-12-6-2-1-3-7-12/h1-3,6-7H,4-5,8-11,14H2. The summed E-state index contributed by atoms with van der Waals surface area (Å²) in [5.41, 5.74) is 7.39. The second-order valence-corrected chi connectivity index (χ2v) is 5.92. The van der Waals surface area contributed by atoms with E-state index in [0.717, 1.165) is 13.0 Å². The topological polar surface area (TPSA) is 26.0 Å². The zero-order valence-electron chi connectivity index (χ0n) is 9.11. The molecule has 1 atom stereocenters. The van der Waals surface area contributed by atoms with Gasteiger partial charge in [-0.05, 0) is 30.6 Å². The molecule has 0 radical (unpaired) electrons. The first-order valence-electron chi connectivity index (χ1n) is 5.73. The van der Waals surface area contributed by atoms with E-state index in [2.05, 4.69) is 42.1 Å². The van der Waals surface area contributed by atoms with E-state index in [1.54, 1.807) is 0 Å². The largest absolute Gasteiger partial charge is 0.329 e. The van der Waals surface area contributed by atoms with Gasteiger partial charge >= 0.3 is 0 Å². The zero-order valence-corrected chi connectivity index (χ0v) is 9.93. The van der Waals surface area contributed by atoms with Crippen molar-refractivity contribution in [2.24, 2.45) is 5.73 Å². The van der Waals surface area contributed by atoms with Gasteiger partial charge in [-0.25, -0.2) is 0 Å². The molecule has 1 fully saturated rings. The molecule has 0 bridgehead atoms. The average molecular weight is 221 g/mol. The molecule has 82 valence electrons. The van der Waals surface area contributed by atoms with Gasteiger partial charge in [0.1, 0.15) is 0 Å². The summed E-state index contributed by atoms with van der Waals surface area (Å²) in [4.78, 5) is 0. The van der Waals surface area contributed by atoms with Crippen molar-refractivity contribution in [3.8, 4) is 0 Å². The number of thioether (sulfide) groups is 1. The Bertz CT molecular complexity index is 291. The number of hydrogen-bond acceptors (Lipinski definition) is 2. The Labute approximate surface area is 96.4 Å². The summed E-state index contributed by atoms with van der Waals surface area (Å²) in [6, 6.07) is 10.7. The Morgan fingerprint density at radius 1 is 1.20 bits per heavy atom. The van der Waals surface area contributed by atoms with Gasteiger partial charge in [-0.3, -0.25) is 0 Å².